The predicted octanol–water partition coefficient (Wildman–Crippen LogP) is 9.34. The minimum absolute atomic E-state index is 0.00155. The van der Waals surface area contributed by atoms with Crippen LogP contribution >= 0.6 is 0 Å². The molecule has 2 amide bonds. The Morgan fingerprint density at radius 2 is 1.57 bits per heavy atom. The Bertz CT molecular complexity index is 1620. The van der Waals surface area contributed by atoms with E-state index < -0.39 is 0 Å². The third kappa shape index (κ3) is 5.18. The zero-order chi connectivity index (χ0) is 36.2. The maximum atomic E-state index is 13.8. The number of aliphatic hydroxyl groups is 1. The summed E-state index contributed by atoms with van der Waals surface area (Å²) in [5, 5.41) is 16.7. The monoisotopic (exact) mass is 696 g/mol. The number of fused-ring (bicyclic) bond motifs is 7. The highest BCUT2D eigenvalue weighted by Crippen LogP contribution is 2.78. The van der Waals surface area contributed by atoms with Gasteiger partial charge in [0.25, 0.3) is 0 Å². The molecule has 8 rings (SSSR count). The van der Waals surface area contributed by atoms with Gasteiger partial charge in [-0.3, -0.25) is 0 Å². The fraction of sp³-hybridized carbons (Fsp3) is 0.733. The number of rotatable bonds is 6. The van der Waals surface area contributed by atoms with Gasteiger partial charge in [-0.1, -0.05) is 71.9 Å². The predicted molar refractivity (Wildman–Crippen MR) is 203 cm³/mol. The molecule has 1 aromatic carbocycles. The van der Waals surface area contributed by atoms with Crippen molar-refractivity contribution in [2.75, 3.05) is 13.7 Å². The summed E-state index contributed by atoms with van der Waals surface area (Å²) in [5.74, 6) is 2.96. The zero-order valence-electron chi connectivity index (χ0n) is 32.4. The highest BCUT2D eigenvalue weighted by Gasteiger charge is 2.72. The summed E-state index contributed by atoms with van der Waals surface area (Å²) < 4.78 is 4.97. The molecule has 0 bridgehead atoms. The van der Waals surface area contributed by atoms with Gasteiger partial charge in [0, 0.05) is 24.1 Å². The number of allylic oxidation sites excluding steroid dienone is 2. The average Bonchev–Trinajstić information content (AvgIpc) is 3.49. The lowest BCUT2D eigenvalue weighted by atomic mass is 9.32. The van der Waals surface area contributed by atoms with Crippen molar-refractivity contribution in [1.82, 2.24) is 10.6 Å². The van der Waals surface area contributed by atoms with Crippen LogP contribution in [0.15, 0.2) is 42.5 Å². The van der Waals surface area contributed by atoms with Gasteiger partial charge >= 0.3 is 12.0 Å². The first-order valence-electron chi connectivity index (χ1n) is 20.4. The normalized spacial score (nSPS) is 44.2. The van der Waals surface area contributed by atoms with E-state index in [9.17, 15) is 14.7 Å². The van der Waals surface area contributed by atoms with Crippen LogP contribution in [0.2, 0.25) is 0 Å². The van der Waals surface area contributed by atoms with Crippen molar-refractivity contribution in [2.24, 2.45) is 62.6 Å². The first kappa shape index (κ1) is 35.4. The number of aliphatic hydroxyl groups excluding tert-OH is 1. The Balaban J connectivity index is 1.08. The molecule has 0 saturated heterocycles. The lowest BCUT2D eigenvalue weighted by molar-refractivity contribution is -0.221. The molecule has 0 aromatic heterocycles. The maximum Gasteiger partial charge on any atom is 0.337 e. The Kier molecular flexibility index (Phi) is 8.30. The zero-order valence-corrected chi connectivity index (χ0v) is 32.4. The van der Waals surface area contributed by atoms with Gasteiger partial charge in [0.1, 0.15) is 0 Å². The number of urea groups is 1. The van der Waals surface area contributed by atoms with E-state index in [0.717, 1.165) is 25.7 Å². The smallest absolute Gasteiger partial charge is 0.337 e. The van der Waals surface area contributed by atoms with Crippen LogP contribution in [0.5, 0.6) is 0 Å². The SMILES string of the molecule is COC(=O)c1ccc(C2=CC[C@]3(C)C4CC[C@@H]5C6[C@H](C7(C)CC7)CC[C@]6(NC(=O)N[C@@H]6C=C[C@H](CO)C6)CC[C@@]5(C)[C@]4(C)CC[C@H]3C2(C)C)cc1. The second kappa shape index (κ2) is 12.0. The van der Waals surface area contributed by atoms with E-state index in [-0.39, 0.29) is 57.8 Å². The number of amides is 2. The highest BCUT2D eigenvalue weighted by atomic mass is 16.5. The van der Waals surface area contributed by atoms with Crippen molar-refractivity contribution in [1.29, 1.82) is 0 Å². The molecule has 3 N–H and O–H groups in total. The summed E-state index contributed by atoms with van der Waals surface area (Å²) >= 11 is 0. The molecule has 2 unspecified atom stereocenters. The Labute approximate surface area is 307 Å². The Hall–Kier alpha value is -2.60. The summed E-state index contributed by atoms with van der Waals surface area (Å²) in [7, 11) is 1.44. The number of benzene rings is 1. The third-order valence-corrected chi connectivity index (χ3v) is 17.6. The van der Waals surface area contributed by atoms with Crippen LogP contribution in [0.25, 0.3) is 5.57 Å². The number of nitrogens with one attached hydrogen (secondary N) is 2. The molecular weight excluding hydrogens is 633 g/mol. The van der Waals surface area contributed by atoms with Crippen LogP contribution in [0.3, 0.4) is 0 Å². The van der Waals surface area contributed by atoms with Crippen LogP contribution in [0.4, 0.5) is 4.79 Å². The molecule has 7 aliphatic rings. The van der Waals surface area contributed by atoms with Crippen LogP contribution in [-0.2, 0) is 4.74 Å². The second-order valence-electron chi connectivity index (χ2n) is 20.0. The van der Waals surface area contributed by atoms with E-state index in [1.165, 1.54) is 69.6 Å². The number of carbonyl (C=O) groups excluding carboxylic acids is 2. The van der Waals surface area contributed by atoms with Crippen molar-refractivity contribution in [3.63, 3.8) is 0 Å². The van der Waals surface area contributed by atoms with Gasteiger partial charge in [-0.25, -0.2) is 9.59 Å². The molecule has 0 heterocycles. The van der Waals surface area contributed by atoms with Crippen LogP contribution in [0.1, 0.15) is 135 Å². The van der Waals surface area contributed by atoms with E-state index in [2.05, 4.69) is 82.5 Å². The van der Waals surface area contributed by atoms with Gasteiger partial charge in [-0.05, 0) is 157 Å². The quantitative estimate of drug-likeness (QED) is 0.204. The topological polar surface area (TPSA) is 87.7 Å². The van der Waals surface area contributed by atoms with Gasteiger partial charge in [0.15, 0.2) is 0 Å². The van der Waals surface area contributed by atoms with Crippen molar-refractivity contribution in [3.8, 4) is 0 Å². The van der Waals surface area contributed by atoms with Crippen molar-refractivity contribution < 1.29 is 19.4 Å². The Morgan fingerprint density at radius 3 is 2.24 bits per heavy atom. The molecular formula is C45H64N2O4. The summed E-state index contributed by atoms with van der Waals surface area (Å²) in [6.07, 6.45) is 21.0. The molecule has 5 saturated carbocycles. The van der Waals surface area contributed by atoms with E-state index in [4.69, 9.17) is 4.74 Å². The first-order valence-corrected chi connectivity index (χ1v) is 20.4. The molecule has 1 aromatic rings. The van der Waals surface area contributed by atoms with Crippen molar-refractivity contribution >= 4 is 17.6 Å². The van der Waals surface area contributed by atoms with E-state index in [1.807, 2.05) is 12.1 Å². The molecule has 6 heteroatoms. The lowest BCUT2D eigenvalue weighted by Gasteiger charge is -2.72. The highest BCUT2D eigenvalue weighted by molar-refractivity contribution is 5.90. The molecule has 7 aliphatic carbocycles. The van der Waals surface area contributed by atoms with Gasteiger partial charge in [0.2, 0.25) is 0 Å². The standard InChI is InChI=1S/C45H64N2O4/c1-40(2)32(29-9-11-30(12-10-29)38(49)51-7)16-19-42(4)35(40)18-20-44(6)36(42)15-14-34-37-33(41(3)22-23-41)17-21-45(37,25-24-43(34,44)5)47-39(50)46-31-13-8-28(26-31)27-48/h8-13,16,28,31,33-37,48H,14-15,17-27H2,1-7H3,(H2,46,47,50)/t28-,31+,33+,34+,35-,36?,37?,42-,43+,44+,45-/m0/s1. The summed E-state index contributed by atoms with van der Waals surface area (Å²) in [5.41, 5.74) is 4.33. The second-order valence-corrected chi connectivity index (χ2v) is 20.0. The number of methoxy groups -OCH3 is 1. The van der Waals surface area contributed by atoms with E-state index >= 15 is 0 Å². The van der Waals surface area contributed by atoms with Crippen LogP contribution in [0, 0.1) is 62.6 Å². The van der Waals surface area contributed by atoms with E-state index in [0.29, 0.717) is 40.6 Å². The molecule has 51 heavy (non-hydrogen) atoms. The number of hydrogen-bond donors (Lipinski definition) is 3. The van der Waals surface area contributed by atoms with Crippen LogP contribution in [-0.4, -0.2) is 42.4 Å². The minimum atomic E-state index is -0.283. The van der Waals surface area contributed by atoms with E-state index in [1.54, 1.807) is 0 Å². The molecule has 11 atom stereocenters. The molecule has 0 spiro atoms. The summed E-state index contributed by atoms with van der Waals surface area (Å²) in [6.45, 7) is 15.7. The fourth-order valence-electron chi connectivity index (χ4n) is 14.6. The van der Waals surface area contributed by atoms with Crippen molar-refractivity contribution in [3.05, 3.63) is 53.6 Å². The molecule has 6 nitrogen and oxygen atoms in total. The third-order valence-electron chi connectivity index (χ3n) is 17.6. The van der Waals surface area contributed by atoms with Gasteiger partial charge in [-0.2, -0.15) is 0 Å². The molecule has 0 radical (unpaired) electrons. The molecule has 0 aliphatic heterocycles. The molecule has 5 fully saturated rings. The largest absolute Gasteiger partial charge is 0.465 e. The lowest BCUT2D eigenvalue weighted by Crippen LogP contribution is -2.69. The van der Waals surface area contributed by atoms with Crippen LogP contribution < -0.4 is 10.6 Å². The first-order chi connectivity index (χ1) is 24.1. The minimum Gasteiger partial charge on any atom is -0.465 e. The average molecular weight is 697 g/mol. The van der Waals surface area contributed by atoms with Gasteiger partial charge in [-0.15, -0.1) is 0 Å². The summed E-state index contributed by atoms with van der Waals surface area (Å²) in [4.78, 5) is 26.0. The number of carbonyl (C=O) groups is 2. The van der Waals surface area contributed by atoms with Gasteiger partial charge < -0.3 is 20.5 Å². The number of esters is 1. The Morgan fingerprint density at radius 1 is 0.824 bits per heavy atom. The van der Waals surface area contributed by atoms with Gasteiger partial charge in [0.05, 0.1) is 12.7 Å². The maximum absolute atomic E-state index is 13.8. The summed E-state index contributed by atoms with van der Waals surface area (Å²) in [6, 6.07) is 8.09. The molecule has 278 valence electrons. The van der Waals surface area contributed by atoms with Crippen molar-refractivity contribution in [2.45, 2.75) is 130 Å². The number of ether oxygens (including phenoxy) is 1. The fourth-order valence-corrected chi connectivity index (χ4v) is 14.6. The number of hydrogen-bond acceptors (Lipinski definition) is 4.